The summed E-state index contributed by atoms with van der Waals surface area (Å²) in [6.07, 6.45) is 0.871. The Morgan fingerprint density at radius 2 is 2.00 bits per heavy atom. The van der Waals surface area contributed by atoms with Gasteiger partial charge in [0.1, 0.15) is 5.82 Å². The zero-order chi connectivity index (χ0) is 13.8. The Hall–Kier alpha value is -0.600. The summed E-state index contributed by atoms with van der Waals surface area (Å²) in [5, 5.41) is 3.92. The minimum absolute atomic E-state index is 0.194. The van der Waals surface area contributed by atoms with Gasteiger partial charge in [0.05, 0.1) is 0 Å². The van der Waals surface area contributed by atoms with Crippen molar-refractivity contribution in [3.05, 3.63) is 34.6 Å². The van der Waals surface area contributed by atoms with Crippen LogP contribution >= 0.6 is 11.6 Å². The Labute approximate surface area is 115 Å². The third-order valence-electron chi connectivity index (χ3n) is 3.35. The predicted octanol–water partition coefficient (Wildman–Crippen LogP) is 4.29. The smallest absolute Gasteiger partial charge is 0.124 e. The highest BCUT2D eigenvalue weighted by Crippen LogP contribution is 2.31. The summed E-state index contributed by atoms with van der Waals surface area (Å²) >= 11 is 6.10. The largest absolute Gasteiger partial charge is 0.317 e. The highest BCUT2D eigenvalue weighted by Gasteiger charge is 2.25. The summed E-state index contributed by atoms with van der Waals surface area (Å²) in [5.74, 6) is 0.197. The van der Waals surface area contributed by atoms with Gasteiger partial charge in [-0.05, 0) is 48.5 Å². The lowest BCUT2D eigenvalue weighted by Crippen LogP contribution is -2.33. The van der Waals surface area contributed by atoms with E-state index in [2.05, 4.69) is 33.0 Å². The first-order valence-corrected chi connectivity index (χ1v) is 6.87. The molecular weight excluding hydrogens is 249 g/mol. The Bertz CT molecular complexity index is 385. The molecule has 0 spiro atoms. The van der Waals surface area contributed by atoms with Gasteiger partial charge in [-0.25, -0.2) is 4.39 Å². The number of halogens is 2. The Morgan fingerprint density at radius 3 is 2.50 bits per heavy atom. The molecule has 0 aromatic heterocycles. The average molecular weight is 272 g/mol. The molecule has 0 saturated heterocycles. The third-order valence-corrected chi connectivity index (χ3v) is 3.70. The van der Waals surface area contributed by atoms with Crippen molar-refractivity contribution in [3.63, 3.8) is 0 Å². The van der Waals surface area contributed by atoms with Crippen molar-refractivity contribution in [1.82, 2.24) is 5.32 Å². The number of hydrogen-bond donors (Lipinski definition) is 1. The summed E-state index contributed by atoms with van der Waals surface area (Å²) < 4.78 is 13.0. The molecule has 0 aliphatic heterocycles. The van der Waals surface area contributed by atoms with Crippen LogP contribution < -0.4 is 5.32 Å². The van der Waals surface area contributed by atoms with Gasteiger partial charge in [0.25, 0.3) is 0 Å². The van der Waals surface area contributed by atoms with Crippen LogP contribution in [0.1, 0.15) is 33.3 Å². The van der Waals surface area contributed by atoms with Gasteiger partial charge in [-0.15, -0.1) is 0 Å². The molecule has 1 unspecified atom stereocenters. The normalized spacial score (nSPS) is 13.7. The molecule has 18 heavy (non-hydrogen) atoms. The van der Waals surface area contributed by atoms with E-state index >= 15 is 0 Å². The number of benzene rings is 1. The molecule has 0 radical (unpaired) electrons. The molecule has 0 saturated carbocycles. The van der Waals surface area contributed by atoms with E-state index in [4.69, 9.17) is 11.6 Å². The maximum absolute atomic E-state index is 13.0. The fourth-order valence-electron chi connectivity index (χ4n) is 1.96. The first kappa shape index (κ1) is 15.5. The summed E-state index contributed by atoms with van der Waals surface area (Å²) in [5.41, 5.74) is 1.22. The highest BCUT2D eigenvalue weighted by atomic mass is 35.5. The van der Waals surface area contributed by atoms with Crippen LogP contribution in [-0.4, -0.2) is 13.1 Å². The molecule has 102 valence electrons. The summed E-state index contributed by atoms with van der Waals surface area (Å²) in [4.78, 5) is 0. The fourth-order valence-corrected chi connectivity index (χ4v) is 2.20. The van der Waals surface area contributed by atoms with Crippen molar-refractivity contribution in [2.24, 2.45) is 11.3 Å². The maximum atomic E-state index is 13.0. The molecule has 3 heteroatoms. The van der Waals surface area contributed by atoms with E-state index in [1.54, 1.807) is 6.07 Å². The van der Waals surface area contributed by atoms with Crippen LogP contribution in [0.2, 0.25) is 5.02 Å². The highest BCUT2D eigenvalue weighted by molar-refractivity contribution is 6.31. The lowest BCUT2D eigenvalue weighted by molar-refractivity contribution is 0.232. The van der Waals surface area contributed by atoms with Crippen molar-refractivity contribution in [1.29, 1.82) is 0 Å². The Morgan fingerprint density at radius 1 is 1.33 bits per heavy atom. The molecule has 1 rings (SSSR count). The second-order valence-electron chi connectivity index (χ2n) is 5.81. The van der Waals surface area contributed by atoms with Gasteiger partial charge in [-0.1, -0.05) is 45.4 Å². The van der Waals surface area contributed by atoms with E-state index in [1.165, 1.54) is 12.1 Å². The summed E-state index contributed by atoms with van der Waals surface area (Å²) in [7, 11) is 0. The molecule has 1 aromatic carbocycles. The lowest BCUT2D eigenvalue weighted by atomic mass is 9.77. The minimum Gasteiger partial charge on any atom is -0.317 e. The van der Waals surface area contributed by atoms with Gasteiger partial charge in [0.2, 0.25) is 0 Å². The van der Waals surface area contributed by atoms with Gasteiger partial charge in [-0.3, -0.25) is 0 Å². The van der Waals surface area contributed by atoms with Crippen LogP contribution in [0.4, 0.5) is 4.39 Å². The second-order valence-corrected chi connectivity index (χ2v) is 6.22. The number of nitrogens with one attached hydrogen (secondary N) is 1. The zero-order valence-electron chi connectivity index (χ0n) is 11.7. The van der Waals surface area contributed by atoms with Gasteiger partial charge < -0.3 is 5.32 Å². The van der Waals surface area contributed by atoms with Crippen molar-refractivity contribution in [3.8, 4) is 0 Å². The monoisotopic (exact) mass is 271 g/mol. The molecule has 1 atom stereocenters. The fraction of sp³-hybridized carbons (Fsp3) is 0.600. The molecule has 0 fully saturated rings. The maximum Gasteiger partial charge on any atom is 0.124 e. The van der Waals surface area contributed by atoms with Crippen molar-refractivity contribution < 1.29 is 4.39 Å². The summed E-state index contributed by atoms with van der Waals surface area (Å²) in [6, 6.07) is 4.67. The number of rotatable bonds is 5. The SMILES string of the molecule is CCNCC(Cc1ccc(F)cc1Cl)C(C)(C)C. The van der Waals surface area contributed by atoms with Crippen LogP contribution in [0.5, 0.6) is 0 Å². The van der Waals surface area contributed by atoms with Gasteiger partial charge in [0, 0.05) is 5.02 Å². The molecule has 0 aliphatic carbocycles. The molecule has 0 heterocycles. The van der Waals surface area contributed by atoms with Crippen molar-refractivity contribution in [2.75, 3.05) is 13.1 Å². The summed E-state index contributed by atoms with van der Waals surface area (Å²) in [6.45, 7) is 10.7. The quantitative estimate of drug-likeness (QED) is 0.842. The van der Waals surface area contributed by atoms with Crippen LogP contribution in [0.15, 0.2) is 18.2 Å². The van der Waals surface area contributed by atoms with E-state index in [0.29, 0.717) is 10.9 Å². The van der Waals surface area contributed by atoms with Crippen LogP contribution in [0.25, 0.3) is 0 Å². The second kappa shape index (κ2) is 6.53. The topological polar surface area (TPSA) is 12.0 Å². The van der Waals surface area contributed by atoms with E-state index < -0.39 is 0 Å². The minimum atomic E-state index is -0.275. The standard InChI is InChI=1S/C15H23ClFN/c1-5-18-10-12(15(2,3)4)8-11-6-7-13(17)9-14(11)16/h6-7,9,12,18H,5,8,10H2,1-4H3. The Balaban J connectivity index is 2.82. The first-order valence-electron chi connectivity index (χ1n) is 6.49. The Kier molecular flexibility index (Phi) is 5.61. The predicted molar refractivity (Wildman–Crippen MR) is 76.6 cm³/mol. The molecule has 0 bridgehead atoms. The first-order chi connectivity index (χ1) is 8.34. The zero-order valence-corrected chi connectivity index (χ0v) is 12.4. The number of hydrogen-bond acceptors (Lipinski definition) is 1. The molecular formula is C15H23ClFN. The molecule has 1 aromatic rings. The molecule has 1 N–H and O–H groups in total. The molecule has 0 aliphatic rings. The van der Waals surface area contributed by atoms with Gasteiger partial charge >= 0.3 is 0 Å². The van der Waals surface area contributed by atoms with Gasteiger partial charge in [0.15, 0.2) is 0 Å². The molecule has 1 nitrogen and oxygen atoms in total. The van der Waals surface area contributed by atoms with Gasteiger partial charge in [-0.2, -0.15) is 0 Å². The third kappa shape index (κ3) is 4.58. The van der Waals surface area contributed by atoms with E-state index in [0.717, 1.165) is 25.1 Å². The average Bonchev–Trinajstić information content (AvgIpc) is 2.25. The lowest BCUT2D eigenvalue weighted by Gasteiger charge is -2.31. The molecule has 0 amide bonds. The van der Waals surface area contributed by atoms with Crippen LogP contribution in [0, 0.1) is 17.2 Å². The van der Waals surface area contributed by atoms with Crippen LogP contribution in [-0.2, 0) is 6.42 Å². The van der Waals surface area contributed by atoms with E-state index in [1.807, 2.05) is 0 Å². The van der Waals surface area contributed by atoms with E-state index in [-0.39, 0.29) is 11.2 Å². The van der Waals surface area contributed by atoms with Crippen molar-refractivity contribution in [2.45, 2.75) is 34.1 Å². The van der Waals surface area contributed by atoms with E-state index in [9.17, 15) is 4.39 Å². The van der Waals surface area contributed by atoms with Crippen molar-refractivity contribution >= 4 is 11.6 Å². The van der Waals surface area contributed by atoms with Crippen LogP contribution in [0.3, 0.4) is 0 Å².